The van der Waals surface area contributed by atoms with Crippen LogP contribution in [-0.4, -0.2) is 55.5 Å². The van der Waals surface area contributed by atoms with Gasteiger partial charge in [0.1, 0.15) is 12.0 Å². The van der Waals surface area contributed by atoms with Gasteiger partial charge >= 0.3 is 18.0 Å². The number of rotatable bonds is 5. The minimum Gasteiger partial charge on any atom is -0.481 e. The molecule has 0 aliphatic carbocycles. The van der Waals surface area contributed by atoms with Gasteiger partial charge < -0.3 is 25.2 Å². The van der Waals surface area contributed by atoms with Crippen molar-refractivity contribution >= 4 is 18.0 Å². The topological polar surface area (TPSA) is 114 Å². The van der Waals surface area contributed by atoms with E-state index >= 15 is 0 Å². The highest BCUT2D eigenvalue weighted by molar-refractivity contribution is 5.84. The van der Waals surface area contributed by atoms with Crippen LogP contribution in [0.25, 0.3) is 0 Å². The Morgan fingerprint density at radius 2 is 1.95 bits per heavy atom. The molecule has 0 aromatic rings. The summed E-state index contributed by atoms with van der Waals surface area (Å²) in [5.41, 5.74) is 0. The Labute approximate surface area is 116 Å². The highest BCUT2D eigenvalue weighted by Crippen LogP contribution is 2.13. The number of nitrogens with one attached hydrogen (secondary N) is 2. The number of esters is 1. The molecule has 1 heterocycles. The maximum Gasteiger partial charge on any atom is 0.328 e. The first-order chi connectivity index (χ1) is 9.36. The second kappa shape index (κ2) is 7.09. The smallest absolute Gasteiger partial charge is 0.328 e. The number of carbonyl (C=O) groups is 3. The first kappa shape index (κ1) is 16.2. The van der Waals surface area contributed by atoms with E-state index in [4.69, 9.17) is 9.84 Å². The van der Waals surface area contributed by atoms with Crippen molar-refractivity contribution in [3.63, 3.8) is 0 Å². The lowest BCUT2D eigenvalue weighted by atomic mass is 10.0. The van der Waals surface area contributed by atoms with E-state index in [0.29, 0.717) is 0 Å². The number of carboxylic acids is 1. The predicted octanol–water partition coefficient (Wildman–Crippen LogP) is -0.417. The summed E-state index contributed by atoms with van der Waals surface area (Å²) in [5.74, 6) is -2.51. The molecule has 0 saturated carbocycles. The van der Waals surface area contributed by atoms with Gasteiger partial charge in [0.15, 0.2) is 0 Å². The molecule has 0 bridgehead atoms. The number of hydrogen-bond donors (Lipinski definition) is 3. The van der Waals surface area contributed by atoms with Crippen LogP contribution >= 0.6 is 0 Å². The van der Waals surface area contributed by atoms with Gasteiger partial charge in [0.05, 0.1) is 26.4 Å². The lowest BCUT2D eigenvalue weighted by Gasteiger charge is -2.22. The molecule has 0 aromatic heterocycles. The second-order valence-corrected chi connectivity index (χ2v) is 4.95. The van der Waals surface area contributed by atoms with Crippen LogP contribution in [0.15, 0.2) is 0 Å². The maximum absolute atomic E-state index is 11.8. The van der Waals surface area contributed by atoms with Crippen molar-refractivity contribution in [1.82, 2.24) is 10.6 Å². The lowest BCUT2D eigenvalue weighted by molar-refractivity contribution is -0.144. The number of ether oxygens (including phenoxy) is 2. The summed E-state index contributed by atoms with van der Waals surface area (Å²) in [5, 5.41) is 14.0. The van der Waals surface area contributed by atoms with Gasteiger partial charge in [-0.3, -0.25) is 4.79 Å². The van der Waals surface area contributed by atoms with Gasteiger partial charge in [-0.2, -0.15) is 0 Å². The number of urea groups is 1. The molecule has 3 unspecified atom stereocenters. The summed E-state index contributed by atoms with van der Waals surface area (Å²) in [6.45, 7) is 3.72. The number of carboxylic acid groups (broad SMARTS) is 1. The summed E-state index contributed by atoms with van der Waals surface area (Å²) in [6.07, 6.45) is 0. The minimum atomic E-state index is -1.03. The SMILES string of the molecule is COC(=O)C(NC(=O)NC1COCC1C(=O)O)C(C)C. The van der Waals surface area contributed by atoms with Gasteiger partial charge in [-0.15, -0.1) is 0 Å². The summed E-state index contributed by atoms with van der Waals surface area (Å²) < 4.78 is 9.64. The molecule has 0 spiro atoms. The number of methoxy groups -OCH3 is 1. The largest absolute Gasteiger partial charge is 0.481 e. The van der Waals surface area contributed by atoms with Gasteiger partial charge in [0, 0.05) is 0 Å². The predicted molar refractivity (Wildman–Crippen MR) is 68.0 cm³/mol. The van der Waals surface area contributed by atoms with Crippen molar-refractivity contribution < 1.29 is 29.0 Å². The lowest BCUT2D eigenvalue weighted by Crippen LogP contribution is -2.53. The van der Waals surface area contributed by atoms with Crippen molar-refractivity contribution in [2.45, 2.75) is 25.9 Å². The van der Waals surface area contributed by atoms with Gasteiger partial charge in [-0.25, -0.2) is 9.59 Å². The number of aliphatic carboxylic acids is 1. The molecule has 0 aromatic carbocycles. The fraction of sp³-hybridized carbons (Fsp3) is 0.750. The maximum atomic E-state index is 11.8. The summed E-state index contributed by atoms with van der Waals surface area (Å²) in [7, 11) is 1.24. The van der Waals surface area contributed by atoms with E-state index in [2.05, 4.69) is 15.4 Å². The van der Waals surface area contributed by atoms with Crippen LogP contribution < -0.4 is 10.6 Å². The number of carbonyl (C=O) groups excluding carboxylic acids is 2. The fourth-order valence-corrected chi connectivity index (χ4v) is 1.92. The zero-order valence-electron chi connectivity index (χ0n) is 11.7. The van der Waals surface area contributed by atoms with Crippen molar-refractivity contribution in [2.75, 3.05) is 20.3 Å². The van der Waals surface area contributed by atoms with E-state index in [9.17, 15) is 14.4 Å². The van der Waals surface area contributed by atoms with Gasteiger partial charge in [0.25, 0.3) is 0 Å². The molecule has 1 aliphatic heterocycles. The molecule has 8 heteroatoms. The van der Waals surface area contributed by atoms with E-state index in [1.165, 1.54) is 7.11 Å². The molecule has 8 nitrogen and oxygen atoms in total. The Hall–Kier alpha value is -1.83. The number of hydrogen-bond acceptors (Lipinski definition) is 5. The summed E-state index contributed by atoms with van der Waals surface area (Å²) >= 11 is 0. The molecule has 0 radical (unpaired) electrons. The van der Waals surface area contributed by atoms with Crippen LogP contribution in [0.3, 0.4) is 0 Å². The van der Waals surface area contributed by atoms with Crippen LogP contribution in [0.4, 0.5) is 4.79 Å². The van der Waals surface area contributed by atoms with Gasteiger partial charge in [-0.05, 0) is 5.92 Å². The summed E-state index contributed by atoms with van der Waals surface area (Å²) in [4.78, 5) is 34.3. The van der Waals surface area contributed by atoms with Gasteiger partial charge in [0.2, 0.25) is 0 Å². The van der Waals surface area contributed by atoms with Crippen LogP contribution in [0.2, 0.25) is 0 Å². The van der Waals surface area contributed by atoms with Crippen LogP contribution in [-0.2, 0) is 19.1 Å². The van der Waals surface area contributed by atoms with Gasteiger partial charge in [-0.1, -0.05) is 13.8 Å². The third-order valence-electron chi connectivity index (χ3n) is 3.12. The molecular formula is C12H20N2O6. The molecule has 2 amide bonds. The Balaban J connectivity index is 2.57. The Morgan fingerprint density at radius 3 is 2.45 bits per heavy atom. The molecule has 20 heavy (non-hydrogen) atoms. The normalized spacial score (nSPS) is 23.2. The van der Waals surface area contributed by atoms with Crippen molar-refractivity contribution in [3.05, 3.63) is 0 Å². The Kier molecular flexibility index (Phi) is 5.75. The van der Waals surface area contributed by atoms with Crippen molar-refractivity contribution in [3.8, 4) is 0 Å². The Morgan fingerprint density at radius 1 is 1.30 bits per heavy atom. The first-order valence-corrected chi connectivity index (χ1v) is 6.32. The molecule has 1 rings (SSSR count). The van der Waals surface area contributed by atoms with E-state index in [-0.39, 0.29) is 19.1 Å². The minimum absolute atomic E-state index is 0.0604. The standard InChI is InChI=1S/C12H20N2O6/c1-6(2)9(11(17)19-3)14-12(18)13-8-5-20-4-7(8)10(15)16/h6-9H,4-5H2,1-3H3,(H,15,16)(H2,13,14,18). The van der Waals surface area contributed by atoms with Crippen molar-refractivity contribution in [1.29, 1.82) is 0 Å². The quantitative estimate of drug-likeness (QED) is 0.592. The second-order valence-electron chi connectivity index (χ2n) is 4.95. The highest BCUT2D eigenvalue weighted by atomic mass is 16.5. The first-order valence-electron chi connectivity index (χ1n) is 6.32. The third-order valence-corrected chi connectivity index (χ3v) is 3.12. The third kappa shape index (κ3) is 4.09. The summed E-state index contributed by atoms with van der Waals surface area (Å²) in [6, 6.07) is -2.01. The average molecular weight is 288 g/mol. The zero-order valence-corrected chi connectivity index (χ0v) is 11.7. The molecule has 3 atom stereocenters. The highest BCUT2D eigenvalue weighted by Gasteiger charge is 2.36. The van der Waals surface area contributed by atoms with Crippen molar-refractivity contribution in [2.24, 2.45) is 11.8 Å². The van der Waals surface area contributed by atoms with E-state index in [1.807, 2.05) is 0 Å². The zero-order chi connectivity index (χ0) is 15.3. The van der Waals surface area contributed by atoms with Crippen LogP contribution in [0.5, 0.6) is 0 Å². The monoisotopic (exact) mass is 288 g/mol. The molecule has 1 saturated heterocycles. The molecule has 1 aliphatic rings. The van der Waals surface area contributed by atoms with E-state index in [1.54, 1.807) is 13.8 Å². The van der Waals surface area contributed by atoms with E-state index < -0.39 is 36.0 Å². The Bertz CT molecular complexity index is 384. The fourth-order valence-electron chi connectivity index (χ4n) is 1.92. The molecule has 3 N–H and O–H groups in total. The molecule has 114 valence electrons. The number of amides is 2. The van der Waals surface area contributed by atoms with Crippen LogP contribution in [0.1, 0.15) is 13.8 Å². The van der Waals surface area contributed by atoms with E-state index in [0.717, 1.165) is 0 Å². The average Bonchev–Trinajstić information content (AvgIpc) is 2.82. The molecular weight excluding hydrogens is 268 g/mol. The van der Waals surface area contributed by atoms with Crippen LogP contribution in [0, 0.1) is 11.8 Å². The molecule has 1 fully saturated rings.